The zero-order chi connectivity index (χ0) is 29.2. The second-order valence-corrected chi connectivity index (χ2v) is 11.4. The minimum Gasteiger partial charge on any atom is -0.444 e. The average molecular weight is 564 g/mol. The van der Waals surface area contributed by atoms with Gasteiger partial charge in [0, 0.05) is 24.4 Å². The molecule has 0 aliphatic heterocycles. The van der Waals surface area contributed by atoms with Gasteiger partial charge in [0.15, 0.2) is 0 Å². The van der Waals surface area contributed by atoms with Gasteiger partial charge in [-0.05, 0) is 62.9 Å². The molecule has 0 radical (unpaired) electrons. The number of nitrogens with one attached hydrogen (secondary N) is 3. The van der Waals surface area contributed by atoms with E-state index in [1.807, 2.05) is 84.9 Å². The van der Waals surface area contributed by atoms with Crippen molar-refractivity contribution in [2.45, 2.75) is 64.1 Å². The highest BCUT2D eigenvalue weighted by Crippen LogP contribution is 2.16. The molecule has 0 heterocycles. The summed E-state index contributed by atoms with van der Waals surface area (Å²) in [4.78, 5) is 39.9. The maximum atomic E-state index is 13.7. The number of benzene rings is 3. The summed E-state index contributed by atoms with van der Waals surface area (Å²) >= 11 is 5.98. The Bertz CT molecular complexity index is 1260. The molecule has 3 N–H and O–H groups in total. The van der Waals surface area contributed by atoms with Gasteiger partial charge in [-0.1, -0.05) is 84.4 Å². The van der Waals surface area contributed by atoms with Gasteiger partial charge in [0.1, 0.15) is 17.2 Å². The molecule has 3 amide bonds. The molecule has 2 atom stereocenters. The molecule has 0 bridgehead atoms. The number of ether oxygens (including phenoxy) is 1. The van der Waals surface area contributed by atoms with Crippen LogP contribution in [0.1, 0.15) is 44.4 Å². The van der Waals surface area contributed by atoms with Crippen molar-refractivity contribution < 1.29 is 19.1 Å². The maximum absolute atomic E-state index is 13.7. The molecular weight excluding hydrogens is 526 g/mol. The molecule has 0 fully saturated rings. The monoisotopic (exact) mass is 563 g/mol. The predicted octanol–water partition coefficient (Wildman–Crippen LogP) is 5.25. The van der Waals surface area contributed by atoms with Crippen LogP contribution in [0.4, 0.5) is 4.79 Å². The minimum atomic E-state index is -1.29. The van der Waals surface area contributed by atoms with Crippen LogP contribution in [0.2, 0.25) is 5.02 Å². The normalized spacial score (nSPS) is 13.4. The third-order valence-corrected chi connectivity index (χ3v) is 6.46. The van der Waals surface area contributed by atoms with Gasteiger partial charge in [0.25, 0.3) is 0 Å². The van der Waals surface area contributed by atoms with E-state index in [1.165, 1.54) is 0 Å². The molecule has 0 aliphatic rings. The first-order valence-electron chi connectivity index (χ1n) is 13.4. The first kappa shape index (κ1) is 30.7. The highest BCUT2D eigenvalue weighted by molar-refractivity contribution is 6.30. The van der Waals surface area contributed by atoms with Crippen molar-refractivity contribution in [3.63, 3.8) is 0 Å². The lowest BCUT2D eigenvalue weighted by Gasteiger charge is -2.32. The molecule has 3 rings (SSSR count). The van der Waals surface area contributed by atoms with E-state index in [0.29, 0.717) is 18.0 Å². The number of hydrogen-bond acceptors (Lipinski definition) is 4. The van der Waals surface area contributed by atoms with E-state index >= 15 is 0 Å². The van der Waals surface area contributed by atoms with Crippen LogP contribution in [0.3, 0.4) is 0 Å². The van der Waals surface area contributed by atoms with E-state index in [9.17, 15) is 14.4 Å². The van der Waals surface area contributed by atoms with Crippen LogP contribution in [-0.4, -0.2) is 41.6 Å². The van der Waals surface area contributed by atoms with Gasteiger partial charge in [-0.25, -0.2) is 4.79 Å². The summed E-state index contributed by atoms with van der Waals surface area (Å²) in [6.07, 6.45) is 0.387. The SMILES string of the molecule is CC(C)(C)OC(=O)N[C@@H](Cc1ccccc1)C(=O)NC(C)(Cc1ccccc1)C(=O)NCCc1ccc(Cl)cc1. The van der Waals surface area contributed by atoms with Crippen LogP contribution in [-0.2, 0) is 33.6 Å². The molecule has 40 heavy (non-hydrogen) atoms. The fourth-order valence-corrected chi connectivity index (χ4v) is 4.35. The van der Waals surface area contributed by atoms with Crippen molar-refractivity contribution >= 4 is 29.5 Å². The Labute approximate surface area is 241 Å². The van der Waals surface area contributed by atoms with Crippen molar-refractivity contribution in [1.29, 1.82) is 0 Å². The fraction of sp³-hybridized carbons (Fsp3) is 0.344. The standard InChI is InChI=1S/C32H38ClN3O4/c1-31(2,3)40-30(39)35-27(21-24-11-7-5-8-12-24)28(37)36-32(4,22-25-13-9-6-10-14-25)29(38)34-20-19-23-15-17-26(33)18-16-23/h5-18,27H,19-22H2,1-4H3,(H,34,38)(H,35,39)(H,36,37)/t27-,32?/m0/s1. The molecule has 7 nitrogen and oxygen atoms in total. The Morgan fingerprint density at radius 2 is 1.38 bits per heavy atom. The molecule has 1 unspecified atom stereocenters. The van der Waals surface area contributed by atoms with Gasteiger partial charge in [-0.3, -0.25) is 9.59 Å². The van der Waals surface area contributed by atoms with E-state index in [0.717, 1.165) is 16.7 Å². The van der Waals surface area contributed by atoms with Crippen LogP contribution >= 0.6 is 11.6 Å². The quantitative estimate of drug-likeness (QED) is 0.297. The highest BCUT2D eigenvalue weighted by Gasteiger charge is 2.37. The summed E-state index contributed by atoms with van der Waals surface area (Å²) in [5.41, 5.74) is 0.754. The van der Waals surface area contributed by atoms with E-state index < -0.39 is 29.2 Å². The molecule has 0 aliphatic carbocycles. The van der Waals surface area contributed by atoms with Gasteiger partial charge in [-0.2, -0.15) is 0 Å². The minimum absolute atomic E-state index is 0.228. The lowest BCUT2D eigenvalue weighted by atomic mass is 9.90. The van der Waals surface area contributed by atoms with Crippen molar-refractivity contribution in [1.82, 2.24) is 16.0 Å². The van der Waals surface area contributed by atoms with Gasteiger partial charge in [-0.15, -0.1) is 0 Å². The van der Waals surface area contributed by atoms with E-state index in [-0.39, 0.29) is 18.7 Å². The smallest absolute Gasteiger partial charge is 0.408 e. The number of amides is 3. The number of alkyl carbamates (subject to hydrolysis) is 1. The number of rotatable bonds is 11. The molecule has 0 saturated heterocycles. The summed E-state index contributed by atoms with van der Waals surface area (Å²) in [6.45, 7) is 7.34. The van der Waals surface area contributed by atoms with Crippen LogP contribution in [0.5, 0.6) is 0 Å². The fourth-order valence-electron chi connectivity index (χ4n) is 4.22. The number of carbonyl (C=O) groups excluding carboxylic acids is 3. The molecule has 3 aromatic rings. The zero-order valence-corrected chi connectivity index (χ0v) is 24.3. The van der Waals surface area contributed by atoms with Gasteiger partial charge < -0.3 is 20.7 Å². The van der Waals surface area contributed by atoms with Crippen LogP contribution in [0, 0.1) is 0 Å². The van der Waals surface area contributed by atoms with Gasteiger partial charge in [0.2, 0.25) is 11.8 Å². The molecule has 3 aromatic carbocycles. The Morgan fingerprint density at radius 1 is 0.800 bits per heavy atom. The highest BCUT2D eigenvalue weighted by atomic mass is 35.5. The lowest BCUT2D eigenvalue weighted by Crippen LogP contribution is -2.62. The summed E-state index contributed by atoms with van der Waals surface area (Å²) in [5, 5.41) is 9.27. The van der Waals surface area contributed by atoms with Crippen molar-refractivity contribution in [3.05, 3.63) is 107 Å². The van der Waals surface area contributed by atoms with Crippen molar-refractivity contribution in [2.24, 2.45) is 0 Å². The predicted molar refractivity (Wildman–Crippen MR) is 158 cm³/mol. The lowest BCUT2D eigenvalue weighted by molar-refractivity contribution is -0.133. The third-order valence-electron chi connectivity index (χ3n) is 6.20. The second kappa shape index (κ2) is 14.0. The molecule has 8 heteroatoms. The Kier molecular flexibility index (Phi) is 10.7. The van der Waals surface area contributed by atoms with Crippen LogP contribution in [0.15, 0.2) is 84.9 Å². The molecule has 0 aromatic heterocycles. The van der Waals surface area contributed by atoms with Crippen LogP contribution < -0.4 is 16.0 Å². The summed E-state index contributed by atoms with van der Waals surface area (Å²) in [6, 6.07) is 25.3. The number of halogens is 1. The molecule has 0 spiro atoms. The summed E-state index contributed by atoms with van der Waals surface area (Å²) < 4.78 is 5.41. The molecular formula is C32H38ClN3O4. The maximum Gasteiger partial charge on any atom is 0.408 e. The largest absolute Gasteiger partial charge is 0.444 e. The zero-order valence-electron chi connectivity index (χ0n) is 23.5. The second-order valence-electron chi connectivity index (χ2n) is 11.0. The van der Waals surface area contributed by atoms with Gasteiger partial charge in [0.05, 0.1) is 0 Å². The van der Waals surface area contributed by atoms with E-state index in [2.05, 4.69) is 16.0 Å². The van der Waals surface area contributed by atoms with E-state index in [1.54, 1.807) is 27.7 Å². The van der Waals surface area contributed by atoms with E-state index in [4.69, 9.17) is 16.3 Å². The third kappa shape index (κ3) is 10.0. The summed E-state index contributed by atoms with van der Waals surface area (Å²) in [7, 11) is 0. The molecule has 212 valence electrons. The first-order valence-corrected chi connectivity index (χ1v) is 13.7. The Morgan fingerprint density at radius 3 is 1.95 bits per heavy atom. The summed E-state index contributed by atoms with van der Waals surface area (Å²) in [5.74, 6) is -0.810. The molecule has 0 saturated carbocycles. The first-order chi connectivity index (χ1) is 18.9. The van der Waals surface area contributed by atoms with Gasteiger partial charge >= 0.3 is 6.09 Å². The Balaban J connectivity index is 1.79. The topological polar surface area (TPSA) is 96.5 Å². The van der Waals surface area contributed by atoms with Crippen molar-refractivity contribution in [2.75, 3.05) is 6.54 Å². The average Bonchev–Trinajstić information content (AvgIpc) is 2.89. The number of hydrogen-bond donors (Lipinski definition) is 3. The Hall–Kier alpha value is -3.84. The number of carbonyl (C=O) groups is 3. The van der Waals surface area contributed by atoms with Crippen LogP contribution in [0.25, 0.3) is 0 Å². The van der Waals surface area contributed by atoms with Crippen molar-refractivity contribution in [3.8, 4) is 0 Å².